The summed E-state index contributed by atoms with van der Waals surface area (Å²) in [6.45, 7) is 15.4. The van der Waals surface area contributed by atoms with Crippen LogP contribution in [0.1, 0.15) is 47.2 Å². The van der Waals surface area contributed by atoms with Crippen LogP contribution >= 0.6 is 0 Å². The molecule has 0 bridgehead atoms. The third-order valence-corrected chi connectivity index (χ3v) is 16.2. The molecule has 100 heavy (non-hydrogen) atoms. The number of aliphatic hydroxyl groups excluding tert-OH is 1. The summed E-state index contributed by atoms with van der Waals surface area (Å²) in [5.41, 5.74) is 21.4. The maximum absolute atomic E-state index is 10.0. The summed E-state index contributed by atoms with van der Waals surface area (Å²) in [5.74, 6) is -0.0625. The molecule has 0 radical (unpaired) electrons. The number of fused-ring (bicyclic) bond motifs is 19. The molecule has 0 spiro atoms. The zero-order valence-corrected chi connectivity index (χ0v) is 68.0. The van der Waals surface area contributed by atoms with E-state index in [2.05, 4.69) is 220 Å². The third-order valence-electron chi connectivity index (χ3n) is 16.2. The van der Waals surface area contributed by atoms with Gasteiger partial charge >= 0.3 is 42.1 Å². The maximum Gasteiger partial charge on any atom is 2.00 e. The molecular weight excluding hydrogens is 2340 g/mol. The fraction of sp³-hybridized carbons (Fsp3) is 0.0921. The average Bonchev–Trinajstić information content (AvgIpc) is 1.66. The summed E-state index contributed by atoms with van der Waals surface area (Å²) in [6, 6.07) is 45.8. The molecule has 6 aromatic carbocycles. The van der Waals surface area contributed by atoms with Crippen LogP contribution in [0, 0.1) is 59.2 Å². The van der Waals surface area contributed by atoms with Crippen LogP contribution in [0.25, 0.3) is 94.3 Å². The molecule has 0 atom stereocenters. The van der Waals surface area contributed by atoms with Gasteiger partial charge in [-0.2, -0.15) is 55.2 Å². The van der Waals surface area contributed by atoms with Gasteiger partial charge in [0.15, 0.2) is 5.78 Å². The molecule has 0 saturated carbocycles. The molecule has 0 saturated heterocycles. The van der Waals surface area contributed by atoms with Crippen molar-refractivity contribution in [2.24, 2.45) is 0 Å². The number of allylic oxidation sites excluding steroid dienone is 7. The Morgan fingerprint density at radius 1 is 0.570 bits per heavy atom. The zero-order chi connectivity index (χ0) is 64.8. The van der Waals surface area contributed by atoms with Crippen molar-refractivity contribution in [2.45, 2.75) is 41.5 Å². The number of imidazole rings is 2. The number of nitrogens with zero attached hydrogens (tertiary/aromatic N) is 16. The van der Waals surface area contributed by atoms with Gasteiger partial charge in [-0.3, -0.25) is 29.9 Å². The van der Waals surface area contributed by atoms with E-state index in [1.165, 1.54) is 86.6 Å². The summed E-state index contributed by atoms with van der Waals surface area (Å²) < 4.78 is 2.00. The number of aryl methyl sites for hydroxylation is 4. The van der Waals surface area contributed by atoms with Crippen molar-refractivity contribution >= 4 is 111 Å². The molecule has 0 aliphatic carbocycles. The average molecular weight is 2400 g/mol. The number of carbonyl (C=O) groups excluding carboxylic acids is 1. The number of aromatic nitrogens is 12. The van der Waals surface area contributed by atoms with Crippen molar-refractivity contribution in [1.29, 1.82) is 0 Å². The second-order valence-electron chi connectivity index (χ2n) is 22.3. The topological polar surface area (TPSA) is 200 Å². The number of ketones is 1. The summed E-state index contributed by atoms with van der Waals surface area (Å²) in [7, 11) is 2.03. The van der Waals surface area contributed by atoms with Gasteiger partial charge in [0.1, 0.15) is 0 Å². The van der Waals surface area contributed by atoms with Gasteiger partial charge in [0.2, 0.25) is 0 Å². The molecule has 19 rings (SSSR count). The molecule has 0 fully saturated rings. The predicted molar refractivity (Wildman–Crippen MR) is 372 cm³/mol. The van der Waals surface area contributed by atoms with Gasteiger partial charge < -0.3 is 59.5 Å². The minimum Gasteiger partial charge on any atom is -0.573 e. The van der Waals surface area contributed by atoms with Crippen LogP contribution in [0.5, 0.6) is 0 Å². The Hall–Kier alpha value is -8.18. The molecule has 1 N–H and O–H groups in total. The Morgan fingerprint density at radius 3 is 1.92 bits per heavy atom. The molecule has 18 nitrogen and oxygen atoms in total. The van der Waals surface area contributed by atoms with E-state index in [4.69, 9.17) is 5.11 Å². The monoisotopic (exact) mass is 2400 g/mol. The number of benzene rings is 6. The van der Waals surface area contributed by atoms with Crippen molar-refractivity contribution in [2.75, 3.05) is 16.8 Å². The minimum atomic E-state index is -0.125. The Bertz CT molecular complexity index is 5210. The largest absolute Gasteiger partial charge is 2.00 e. The van der Waals surface area contributed by atoms with Crippen molar-refractivity contribution in [3.8, 4) is 0 Å². The van der Waals surface area contributed by atoms with E-state index < -0.39 is 0 Å². The molecular formula is C76H60N16O2Pt6-4. The van der Waals surface area contributed by atoms with Gasteiger partial charge in [0, 0.05) is 166 Å². The van der Waals surface area contributed by atoms with Gasteiger partial charge in [0.25, 0.3) is 0 Å². The first-order chi connectivity index (χ1) is 45.9. The van der Waals surface area contributed by atoms with Crippen molar-refractivity contribution in [3.05, 3.63) is 296 Å². The van der Waals surface area contributed by atoms with E-state index in [0.717, 1.165) is 77.3 Å². The van der Waals surface area contributed by atoms with Gasteiger partial charge in [0.05, 0.1) is 28.0 Å². The van der Waals surface area contributed by atoms with E-state index in [1.807, 2.05) is 109 Å². The van der Waals surface area contributed by atoms with E-state index in [1.54, 1.807) is 31.1 Å². The summed E-state index contributed by atoms with van der Waals surface area (Å²) in [4.78, 5) is 44.4. The van der Waals surface area contributed by atoms with Crippen LogP contribution in [0.2, 0.25) is 0 Å². The van der Waals surface area contributed by atoms with Crippen molar-refractivity contribution < 1.29 is 136 Å². The Morgan fingerprint density at radius 2 is 1.21 bits per heavy atom. The third kappa shape index (κ3) is 16.9. The number of carbonyl (C=O) groups is 1. The summed E-state index contributed by atoms with van der Waals surface area (Å²) in [6.07, 6.45) is 34.6. The number of hydrogen-bond donors (Lipinski definition) is 1. The Kier molecular flexibility index (Phi) is 28.4. The van der Waals surface area contributed by atoms with Gasteiger partial charge in [-0.05, 0) is 142 Å². The van der Waals surface area contributed by atoms with Crippen molar-refractivity contribution in [3.63, 3.8) is 0 Å². The van der Waals surface area contributed by atoms with E-state index in [-0.39, 0.29) is 138 Å². The molecule has 8 aromatic heterocycles. The van der Waals surface area contributed by atoms with E-state index >= 15 is 0 Å². The first kappa shape index (κ1) is 79.1. The van der Waals surface area contributed by atoms with Crippen molar-refractivity contribution in [1.82, 2.24) is 69.7 Å². The first-order valence-electron chi connectivity index (χ1n) is 30.2. The van der Waals surface area contributed by atoms with Gasteiger partial charge in [-0.25, -0.2) is 0 Å². The predicted octanol–water partition coefficient (Wildman–Crippen LogP) is 14.4. The SMILES string of the molecule is CC(=O)C=C(C)O.CN1C=C2C=Cc3ccc[c-]c3N2[CH-]1.Cc1c(C)c2cn[n-]c2c2ncccc12.Cc1c(C)c2nc[n-]c2c2ncccc12.[Pt+2].[Pt+2].[Pt].[Pt].[Pt].[Pt].[c-]1cccc2c1N1[CH-]N3C=CC=CC3=C1C=C2.[c-]1cccc2ccn3ccnc3c12.c1cnc2c(c1)ccc1nn[n-]c12. The zero-order valence-electron chi connectivity index (χ0n) is 54.3. The second-order valence-corrected chi connectivity index (χ2v) is 22.3. The second kappa shape index (κ2) is 35.9. The Balaban J connectivity index is 0.000000164. The van der Waals surface area contributed by atoms with Crippen LogP contribution in [0.4, 0.5) is 11.4 Å². The van der Waals surface area contributed by atoms with Crippen LogP contribution in [-0.4, -0.2) is 72.5 Å². The fourth-order valence-corrected chi connectivity index (χ4v) is 11.5. The molecule has 14 aromatic rings. The summed E-state index contributed by atoms with van der Waals surface area (Å²) >= 11 is 0. The molecule has 520 valence electrons. The standard InChI is InChI=1S/C15H10N2.2C12H10N3.C12H10N2.C11H7N2.C9H5N4.C5H8O2.6Pt/c1-2-6-13-12(5-1)8-9-15-14-7-3-4-10-16(14)11-17(13)15;1-7-8(2)10-12(15-6-14-10)11-9(7)4-3-5-13-11;1-7-8(2)10-6-14-15-12(10)11-9(7)4-3-5-13-11;1-13-8-11-7-6-10-4-2-3-5-12(10)14(11)9-13;1-2-4-10-9(3-1)5-7-13-8-6-12-11(10)13;1-2-6-3-4-7-9(12-13-11-7)8(6)10-5-1;1-4(6)3-5(2)7;;;;;;/h1-5,7-11H;2*3-6H,1-2H3;2-4,6-9H,1H3;1-3,5-8H;1-5H;3,6H,1-2H3;;;;;;/q-2;2*-1;-2;2*-1;;;;;;2*+2. The molecule has 0 unspecified atom stereocenters. The number of anilines is 2. The smallest absolute Gasteiger partial charge is 0.573 e. The fourth-order valence-electron chi connectivity index (χ4n) is 11.5. The normalized spacial score (nSPS) is 12.9. The number of rotatable bonds is 1. The van der Waals surface area contributed by atoms with Crippen LogP contribution in [0.3, 0.4) is 0 Å². The molecule has 5 aliphatic heterocycles. The quantitative estimate of drug-likeness (QED) is 0.0923. The van der Waals surface area contributed by atoms with Crippen LogP contribution in [-0.2, 0) is 131 Å². The molecule has 24 heteroatoms. The summed E-state index contributed by atoms with van der Waals surface area (Å²) in [5, 5.41) is 34.6. The van der Waals surface area contributed by atoms with E-state index in [9.17, 15) is 4.79 Å². The van der Waals surface area contributed by atoms with Crippen LogP contribution < -0.4 is 25.0 Å². The molecule has 5 aliphatic rings. The Labute approximate surface area is 664 Å². The molecule has 0 amide bonds. The van der Waals surface area contributed by atoms with Gasteiger partial charge in [-0.15, -0.1) is 65.0 Å². The molecule has 13 heterocycles. The van der Waals surface area contributed by atoms with Gasteiger partial charge in [-0.1, -0.05) is 77.8 Å². The number of pyridine rings is 4. The maximum atomic E-state index is 10.0. The first-order valence-corrected chi connectivity index (χ1v) is 30.2. The number of aliphatic hydroxyl groups is 1. The number of hydrogen-bond acceptors (Lipinski definition) is 14. The van der Waals surface area contributed by atoms with E-state index in [0.29, 0.717) is 0 Å². The number of para-hydroxylation sites is 2. The van der Waals surface area contributed by atoms with Crippen LogP contribution in [0.15, 0.2) is 231 Å². The minimum absolute atomic E-state index is 0.